The van der Waals surface area contributed by atoms with Crippen LogP contribution in [0.15, 0.2) is 65.3 Å². The summed E-state index contributed by atoms with van der Waals surface area (Å²) < 4.78 is 16.3. The third-order valence-corrected chi connectivity index (χ3v) is 6.24. The number of methoxy groups -OCH3 is 2. The van der Waals surface area contributed by atoms with Crippen molar-refractivity contribution in [2.24, 2.45) is 0 Å². The van der Waals surface area contributed by atoms with Gasteiger partial charge >= 0.3 is 0 Å². The lowest BCUT2D eigenvalue weighted by Gasteiger charge is -2.32. The van der Waals surface area contributed by atoms with Gasteiger partial charge in [0.15, 0.2) is 5.76 Å². The van der Waals surface area contributed by atoms with Crippen molar-refractivity contribution < 1.29 is 23.5 Å². The van der Waals surface area contributed by atoms with Gasteiger partial charge in [-0.05, 0) is 54.8 Å². The lowest BCUT2D eigenvalue weighted by atomic mass is 10.0. The number of nitrogens with one attached hydrogen (secondary N) is 1. The number of carbonyl (C=O) groups is 2. The predicted octanol–water partition coefficient (Wildman–Crippen LogP) is 5.40. The Labute approximate surface area is 203 Å². The van der Waals surface area contributed by atoms with Crippen LogP contribution in [0.1, 0.15) is 47.8 Å². The van der Waals surface area contributed by atoms with Gasteiger partial charge < -0.3 is 19.2 Å². The molecule has 2 aromatic carbocycles. The van der Waals surface area contributed by atoms with Gasteiger partial charge in [0, 0.05) is 17.1 Å². The highest BCUT2D eigenvalue weighted by Crippen LogP contribution is 2.39. The number of nitrogens with zero attached hydrogens (tertiary/aromatic N) is 1. The van der Waals surface area contributed by atoms with E-state index in [-0.39, 0.29) is 17.7 Å². The number of ether oxygens (including phenoxy) is 2. The van der Waals surface area contributed by atoms with E-state index in [1.807, 2.05) is 0 Å². The number of halogens is 1. The van der Waals surface area contributed by atoms with Crippen LogP contribution in [0, 0.1) is 0 Å². The van der Waals surface area contributed by atoms with Crippen LogP contribution < -0.4 is 19.7 Å². The molecule has 1 aromatic heterocycles. The number of furan rings is 1. The summed E-state index contributed by atoms with van der Waals surface area (Å²) in [5.41, 5.74) is 1.02. The number of hydrogen-bond acceptors (Lipinski definition) is 5. The zero-order valence-electron chi connectivity index (χ0n) is 19.1. The molecule has 8 heteroatoms. The minimum absolute atomic E-state index is 0.0700. The van der Waals surface area contributed by atoms with E-state index < -0.39 is 11.9 Å². The van der Waals surface area contributed by atoms with Crippen LogP contribution in [0.4, 0.5) is 5.69 Å². The minimum Gasteiger partial charge on any atom is -0.497 e. The first-order chi connectivity index (χ1) is 16.5. The second kappa shape index (κ2) is 10.7. The van der Waals surface area contributed by atoms with E-state index in [1.165, 1.54) is 18.3 Å². The molecule has 7 nitrogen and oxygen atoms in total. The lowest BCUT2D eigenvalue weighted by molar-refractivity contribution is -0.123. The fourth-order valence-corrected chi connectivity index (χ4v) is 4.41. The van der Waals surface area contributed by atoms with Crippen LogP contribution in [-0.2, 0) is 4.79 Å². The fourth-order valence-electron chi connectivity index (χ4n) is 4.28. The fraction of sp³-hybridized carbons (Fsp3) is 0.308. The molecule has 2 amide bonds. The average Bonchev–Trinajstić information content (AvgIpc) is 3.57. The number of amides is 2. The molecule has 0 bridgehead atoms. The van der Waals surface area contributed by atoms with Crippen molar-refractivity contribution in [2.45, 2.75) is 37.8 Å². The molecule has 1 saturated carbocycles. The largest absolute Gasteiger partial charge is 0.497 e. The van der Waals surface area contributed by atoms with Gasteiger partial charge in [-0.2, -0.15) is 0 Å². The van der Waals surface area contributed by atoms with Crippen molar-refractivity contribution in [1.29, 1.82) is 0 Å². The first kappa shape index (κ1) is 23.7. The minimum atomic E-state index is -0.988. The van der Waals surface area contributed by atoms with Crippen LogP contribution >= 0.6 is 11.6 Å². The number of hydrogen-bond donors (Lipinski definition) is 1. The Hall–Kier alpha value is -3.45. The maximum atomic E-state index is 13.8. The molecule has 1 heterocycles. The van der Waals surface area contributed by atoms with E-state index in [2.05, 4.69) is 5.32 Å². The second-order valence-corrected chi connectivity index (χ2v) is 8.57. The summed E-state index contributed by atoms with van der Waals surface area (Å²) in [7, 11) is 3.05. The van der Waals surface area contributed by atoms with Crippen LogP contribution in [0.2, 0.25) is 5.02 Å². The van der Waals surface area contributed by atoms with Crippen molar-refractivity contribution in [3.05, 3.63) is 77.2 Å². The molecule has 1 unspecified atom stereocenters. The highest BCUT2D eigenvalue weighted by atomic mass is 35.5. The lowest BCUT2D eigenvalue weighted by Crippen LogP contribution is -2.46. The van der Waals surface area contributed by atoms with Gasteiger partial charge in [0.05, 0.1) is 26.2 Å². The first-order valence-corrected chi connectivity index (χ1v) is 11.5. The summed E-state index contributed by atoms with van der Waals surface area (Å²) in [5, 5.41) is 3.67. The van der Waals surface area contributed by atoms with E-state index >= 15 is 0 Å². The quantitative estimate of drug-likeness (QED) is 0.465. The summed E-state index contributed by atoms with van der Waals surface area (Å²) in [4.78, 5) is 29.0. The number of benzene rings is 2. The van der Waals surface area contributed by atoms with E-state index in [4.69, 9.17) is 25.5 Å². The van der Waals surface area contributed by atoms with Crippen molar-refractivity contribution in [2.75, 3.05) is 19.1 Å². The SMILES string of the molecule is COc1ccc(N(C(=O)c2ccco2)C(C(=O)NC2CCCC2)c2ccc(Cl)cc2)c(OC)c1. The molecular weight excluding hydrogens is 456 g/mol. The molecule has 0 spiro atoms. The molecule has 1 atom stereocenters. The smallest absolute Gasteiger partial charge is 0.295 e. The standard InChI is InChI=1S/C26H27ClN2O5/c1-32-20-13-14-21(23(16-20)33-2)29(26(31)22-8-5-15-34-22)24(17-9-11-18(27)12-10-17)25(30)28-19-6-3-4-7-19/h5,8-16,19,24H,3-4,6-7H2,1-2H3,(H,28,30). The molecule has 3 aromatic rings. The van der Waals surface area contributed by atoms with Crippen molar-refractivity contribution >= 4 is 29.1 Å². The Morgan fingerprint density at radius 2 is 1.79 bits per heavy atom. The molecule has 178 valence electrons. The summed E-state index contributed by atoms with van der Waals surface area (Å²) in [5.74, 6) is 0.281. The molecule has 34 heavy (non-hydrogen) atoms. The molecule has 0 saturated heterocycles. The maximum absolute atomic E-state index is 13.8. The molecular formula is C26H27ClN2O5. The normalized spacial score (nSPS) is 14.4. The van der Waals surface area contributed by atoms with Crippen LogP contribution in [0.3, 0.4) is 0 Å². The first-order valence-electron chi connectivity index (χ1n) is 11.2. The van der Waals surface area contributed by atoms with Crippen molar-refractivity contribution in [3.8, 4) is 11.5 Å². The van der Waals surface area contributed by atoms with Crippen molar-refractivity contribution in [1.82, 2.24) is 5.32 Å². The highest BCUT2D eigenvalue weighted by molar-refractivity contribution is 6.30. The monoisotopic (exact) mass is 482 g/mol. The summed E-state index contributed by atoms with van der Waals surface area (Å²) in [6.07, 6.45) is 5.39. The van der Waals surface area contributed by atoms with Gasteiger partial charge in [0.1, 0.15) is 17.5 Å². The van der Waals surface area contributed by atoms with Gasteiger partial charge in [-0.1, -0.05) is 36.6 Å². The Bertz CT molecular complexity index is 1120. The third-order valence-electron chi connectivity index (χ3n) is 5.99. The Morgan fingerprint density at radius 3 is 2.41 bits per heavy atom. The molecule has 0 aliphatic heterocycles. The number of carbonyl (C=O) groups excluding carboxylic acids is 2. The van der Waals surface area contributed by atoms with E-state index in [9.17, 15) is 9.59 Å². The van der Waals surface area contributed by atoms with Crippen LogP contribution in [0.5, 0.6) is 11.5 Å². The Balaban J connectivity index is 1.86. The average molecular weight is 483 g/mol. The number of rotatable bonds is 8. The van der Waals surface area contributed by atoms with Crippen LogP contribution in [0.25, 0.3) is 0 Å². The van der Waals surface area contributed by atoms with E-state index in [0.717, 1.165) is 25.7 Å². The van der Waals surface area contributed by atoms with E-state index in [1.54, 1.807) is 61.7 Å². The second-order valence-electron chi connectivity index (χ2n) is 8.13. The topological polar surface area (TPSA) is 81.0 Å². The molecule has 1 fully saturated rings. The zero-order chi connectivity index (χ0) is 24.1. The predicted molar refractivity (Wildman–Crippen MR) is 130 cm³/mol. The summed E-state index contributed by atoms with van der Waals surface area (Å²) in [6.45, 7) is 0. The van der Waals surface area contributed by atoms with Crippen LogP contribution in [-0.4, -0.2) is 32.1 Å². The number of anilines is 1. The molecule has 4 rings (SSSR count). The van der Waals surface area contributed by atoms with Gasteiger partial charge in [-0.25, -0.2) is 0 Å². The third kappa shape index (κ3) is 5.04. The summed E-state index contributed by atoms with van der Waals surface area (Å²) in [6, 6.07) is 14.3. The molecule has 1 aliphatic carbocycles. The van der Waals surface area contributed by atoms with Gasteiger partial charge in [0.2, 0.25) is 5.91 Å². The molecule has 1 aliphatic rings. The Kier molecular flexibility index (Phi) is 7.43. The van der Waals surface area contributed by atoms with Gasteiger partial charge in [-0.15, -0.1) is 0 Å². The summed E-state index contributed by atoms with van der Waals surface area (Å²) >= 11 is 6.12. The van der Waals surface area contributed by atoms with Gasteiger partial charge in [-0.3, -0.25) is 14.5 Å². The Morgan fingerprint density at radius 1 is 1.06 bits per heavy atom. The molecule has 0 radical (unpaired) electrons. The maximum Gasteiger partial charge on any atom is 0.295 e. The van der Waals surface area contributed by atoms with E-state index in [0.29, 0.717) is 27.8 Å². The van der Waals surface area contributed by atoms with Gasteiger partial charge in [0.25, 0.3) is 5.91 Å². The molecule has 1 N–H and O–H groups in total. The zero-order valence-corrected chi connectivity index (χ0v) is 19.9. The van der Waals surface area contributed by atoms with Crippen molar-refractivity contribution in [3.63, 3.8) is 0 Å². The highest BCUT2D eigenvalue weighted by Gasteiger charge is 2.37.